The van der Waals surface area contributed by atoms with Gasteiger partial charge in [-0.2, -0.15) is 0 Å². The molecule has 1 fully saturated rings. The molecule has 0 atom stereocenters. The molecule has 0 amide bonds. The Morgan fingerprint density at radius 1 is 0.762 bits per heavy atom. The normalized spacial score (nSPS) is 15.9. The molecular weight excluding hydrogens is 533 g/mol. The van der Waals surface area contributed by atoms with Crippen molar-refractivity contribution in [3.8, 4) is 11.1 Å². The summed E-state index contributed by atoms with van der Waals surface area (Å²) in [6.07, 6.45) is 10.4. The Kier molecular flexibility index (Phi) is 10.9. The molecule has 0 bridgehead atoms. The van der Waals surface area contributed by atoms with E-state index in [4.69, 9.17) is 14.2 Å². The molecule has 0 spiro atoms. The predicted octanol–water partition coefficient (Wildman–Crippen LogP) is 10.6. The second-order valence-electron chi connectivity index (χ2n) is 13.4. The van der Waals surface area contributed by atoms with Crippen LogP contribution >= 0.6 is 0 Å². The lowest BCUT2D eigenvalue weighted by Gasteiger charge is -2.41. The zero-order valence-electron chi connectivity index (χ0n) is 27.6. The Morgan fingerprint density at radius 3 is 1.88 bits per heavy atom. The van der Waals surface area contributed by atoms with Gasteiger partial charge in [0.05, 0.1) is 19.3 Å². The van der Waals surface area contributed by atoms with Gasteiger partial charge in [0.2, 0.25) is 0 Å². The lowest BCUT2D eigenvalue weighted by atomic mass is 9.69. The van der Waals surface area contributed by atoms with Gasteiger partial charge in [0, 0.05) is 5.41 Å². The maximum atomic E-state index is 7.11. The van der Waals surface area contributed by atoms with Crippen LogP contribution in [-0.4, -0.2) is 22.0 Å². The smallest absolute Gasteiger partial charge is 0.184 e. The summed E-state index contributed by atoms with van der Waals surface area (Å²) in [4.78, 5) is 9.77. The fourth-order valence-corrected chi connectivity index (χ4v) is 8.88. The van der Waals surface area contributed by atoms with E-state index < -0.39 is 8.32 Å². The van der Waals surface area contributed by atoms with Crippen LogP contribution in [0, 0.1) is 13.8 Å². The average molecular weight is 587 g/mol. The molecule has 0 saturated heterocycles. The van der Waals surface area contributed by atoms with E-state index in [0.29, 0.717) is 6.61 Å². The quantitative estimate of drug-likeness (QED) is 0.0694. The zero-order chi connectivity index (χ0) is 30.4. The first-order valence-corrected chi connectivity index (χ1v) is 19.7. The molecule has 0 aromatic heterocycles. The van der Waals surface area contributed by atoms with E-state index in [2.05, 4.69) is 108 Å². The van der Waals surface area contributed by atoms with Gasteiger partial charge in [-0.15, -0.1) is 0 Å². The third-order valence-electron chi connectivity index (χ3n) is 9.53. The standard InChI is InChI=1S/C38H54O3Si/c1-9-37(10-2,33-19-21-35(29(3)27-33)32-17-15-31(16-18-32)23-26-40-39-5)34-20-22-36(30(4)28-34)38(41-42(6,7)8)24-13-11-12-14-25-38/h15-22,27-28H,9-14,23-26H2,1-8H3. The maximum absolute atomic E-state index is 7.11. The summed E-state index contributed by atoms with van der Waals surface area (Å²) in [5.74, 6) is 0. The highest BCUT2D eigenvalue weighted by molar-refractivity contribution is 6.69. The molecule has 1 saturated carbocycles. The number of benzene rings is 3. The zero-order valence-corrected chi connectivity index (χ0v) is 28.6. The van der Waals surface area contributed by atoms with Crippen molar-refractivity contribution in [1.29, 1.82) is 0 Å². The van der Waals surface area contributed by atoms with E-state index in [0.717, 1.165) is 32.1 Å². The van der Waals surface area contributed by atoms with Gasteiger partial charge in [0.15, 0.2) is 8.32 Å². The summed E-state index contributed by atoms with van der Waals surface area (Å²) in [5.41, 5.74) is 10.6. The van der Waals surface area contributed by atoms with Gasteiger partial charge in [0.1, 0.15) is 0 Å². The molecule has 1 aliphatic rings. The van der Waals surface area contributed by atoms with Gasteiger partial charge in [-0.25, -0.2) is 9.78 Å². The minimum atomic E-state index is -1.72. The number of hydrogen-bond acceptors (Lipinski definition) is 3. The van der Waals surface area contributed by atoms with Crippen molar-refractivity contribution in [2.45, 2.75) is 116 Å². The van der Waals surface area contributed by atoms with E-state index in [1.165, 1.54) is 70.2 Å². The van der Waals surface area contributed by atoms with Crippen molar-refractivity contribution < 1.29 is 14.2 Å². The topological polar surface area (TPSA) is 27.7 Å². The molecule has 1 aliphatic carbocycles. The van der Waals surface area contributed by atoms with Crippen LogP contribution in [-0.2, 0) is 31.6 Å². The number of rotatable bonds is 12. The first kappa shape index (κ1) is 32.7. The molecule has 0 aliphatic heterocycles. The van der Waals surface area contributed by atoms with E-state index in [9.17, 15) is 0 Å². The summed E-state index contributed by atoms with van der Waals surface area (Å²) < 4.78 is 7.11. The van der Waals surface area contributed by atoms with Crippen LogP contribution in [0.1, 0.15) is 98.6 Å². The molecule has 3 aromatic rings. The second-order valence-corrected chi connectivity index (χ2v) is 17.8. The predicted molar refractivity (Wildman–Crippen MR) is 180 cm³/mol. The fourth-order valence-electron chi connectivity index (χ4n) is 7.40. The van der Waals surface area contributed by atoms with Gasteiger partial charge in [-0.05, 0) is 110 Å². The Hall–Kier alpha value is -2.24. The lowest BCUT2D eigenvalue weighted by Crippen LogP contribution is -2.41. The summed E-state index contributed by atoms with van der Waals surface area (Å²) >= 11 is 0. The summed E-state index contributed by atoms with van der Waals surface area (Å²) in [7, 11) is -0.172. The van der Waals surface area contributed by atoms with Crippen molar-refractivity contribution >= 4 is 8.32 Å². The second kappa shape index (κ2) is 14.0. The molecule has 3 aromatic carbocycles. The van der Waals surface area contributed by atoms with E-state index >= 15 is 0 Å². The summed E-state index contributed by atoms with van der Waals surface area (Å²) in [5, 5.41) is 0. The third kappa shape index (κ3) is 7.27. The van der Waals surface area contributed by atoms with Crippen molar-refractivity contribution in [2.24, 2.45) is 0 Å². The van der Waals surface area contributed by atoms with E-state index in [1.807, 2.05) is 0 Å². The van der Waals surface area contributed by atoms with Crippen LogP contribution in [0.2, 0.25) is 19.6 Å². The number of aryl methyl sites for hydroxylation is 2. The molecule has 0 heterocycles. The van der Waals surface area contributed by atoms with Gasteiger partial charge in [-0.1, -0.05) is 100 Å². The molecule has 3 nitrogen and oxygen atoms in total. The Balaban J connectivity index is 1.67. The first-order valence-electron chi connectivity index (χ1n) is 16.3. The number of hydrogen-bond donors (Lipinski definition) is 0. The minimum Gasteiger partial charge on any atom is -0.408 e. The molecule has 0 N–H and O–H groups in total. The van der Waals surface area contributed by atoms with E-state index in [1.54, 1.807) is 7.11 Å². The largest absolute Gasteiger partial charge is 0.408 e. The molecule has 0 unspecified atom stereocenters. The lowest BCUT2D eigenvalue weighted by molar-refractivity contribution is -0.271. The van der Waals surface area contributed by atoms with Gasteiger partial charge in [0.25, 0.3) is 0 Å². The Morgan fingerprint density at radius 2 is 1.36 bits per heavy atom. The average Bonchev–Trinajstić information content (AvgIpc) is 3.20. The highest BCUT2D eigenvalue weighted by Crippen LogP contribution is 2.46. The van der Waals surface area contributed by atoms with Crippen molar-refractivity contribution in [2.75, 3.05) is 13.7 Å². The van der Waals surface area contributed by atoms with Crippen LogP contribution in [0.4, 0.5) is 0 Å². The molecule has 42 heavy (non-hydrogen) atoms. The van der Waals surface area contributed by atoms with Crippen LogP contribution in [0.15, 0.2) is 60.7 Å². The fraction of sp³-hybridized carbons (Fsp3) is 0.526. The molecule has 228 valence electrons. The van der Waals surface area contributed by atoms with Crippen molar-refractivity contribution in [3.05, 3.63) is 94.0 Å². The molecule has 4 rings (SSSR count). The minimum absolute atomic E-state index is 0.0198. The molecule has 0 radical (unpaired) electrons. The van der Waals surface area contributed by atoms with Crippen molar-refractivity contribution in [3.63, 3.8) is 0 Å². The van der Waals surface area contributed by atoms with Gasteiger partial charge in [-0.3, -0.25) is 0 Å². The molecule has 4 heteroatoms. The van der Waals surface area contributed by atoms with Crippen molar-refractivity contribution in [1.82, 2.24) is 0 Å². The SMILES string of the molecule is CCC(CC)(c1ccc(-c2ccc(CCOOC)cc2)c(C)c1)c1ccc(C2(O[Si](C)(C)C)CCCCCC2)c(C)c1. The highest BCUT2D eigenvalue weighted by atomic mass is 28.4. The van der Waals surface area contributed by atoms with Crippen LogP contribution in [0.5, 0.6) is 0 Å². The maximum Gasteiger partial charge on any atom is 0.184 e. The Labute approximate surface area is 257 Å². The van der Waals surface area contributed by atoms with E-state index in [-0.39, 0.29) is 11.0 Å². The summed E-state index contributed by atoms with van der Waals surface area (Å²) in [6, 6.07) is 23.4. The van der Waals surface area contributed by atoms with Crippen LogP contribution < -0.4 is 0 Å². The van der Waals surface area contributed by atoms with Crippen LogP contribution in [0.3, 0.4) is 0 Å². The highest BCUT2D eigenvalue weighted by Gasteiger charge is 2.40. The van der Waals surface area contributed by atoms with Gasteiger partial charge >= 0.3 is 0 Å². The summed E-state index contributed by atoms with van der Waals surface area (Å²) in [6.45, 7) is 16.9. The first-order chi connectivity index (χ1) is 20.1. The monoisotopic (exact) mass is 586 g/mol. The van der Waals surface area contributed by atoms with Gasteiger partial charge < -0.3 is 4.43 Å². The van der Waals surface area contributed by atoms with Crippen LogP contribution in [0.25, 0.3) is 11.1 Å². The Bertz CT molecular complexity index is 1290. The third-order valence-corrected chi connectivity index (χ3v) is 10.5. The molecular formula is C38H54O3Si.